The molecular weight excluding hydrogens is 420 g/mol. The van der Waals surface area contributed by atoms with E-state index in [0.717, 1.165) is 23.2 Å². The molecule has 2 aromatic carbocycles. The van der Waals surface area contributed by atoms with Crippen molar-refractivity contribution < 1.29 is 9.59 Å². The van der Waals surface area contributed by atoms with Gasteiger partial charge in [-0.2, -0.15) is 0 Å². The van der Waals surface area contributed by atoms with Crippen LogP contribution in [0.25, 0.3) is 0 Å². The van der Waals surface area contributed by atoms with Gasteiger partial charge in [-0.25, -0.2) is 4.98 Å². The second kappa shape index (κ2) is 10.4. The Balaban J connectivity index is 1.40. The van der Waals surface area contributed by atoms with E-state index in [2.05, 4.69) is 34.6 Å². The normalized spacial score (nSPS) is 15.8. The van der Waals surface area contributed by atoms with Crippen molar-refractivity contribution in [1.29, 1.82) is 0 Å². The number of amides is 2. The molecule has 0 spiro atoms. The van der Waals surface area contributed by atoms with E-state index in [-0.39, 0.29) is 17.7 Å². The molecule has 3 aromatic rings. The topological polar surface area (TPSA) is 88.3 Å². The Bertz CT molecular complexity index is 999. The lowest BCUT2D eigenvalue weighted by Gasteiger charge is -2.26. The van der Waals surface area contributed by atoms with Crippen molar-refractivity contribution in [2.45, 2.75) is 37.6 Å². The maximum atomic E-state index is 13.3. The van der Waals surface area contributed by atoms with E-state index in [4.69, 9.17) is 5.73 Å². The average molecular weight is 449 g/mol. The number of benzene rings is 2. The predicted octanol–water partition coefficient (Wildman–Crippen LogP) is 3.60. The lowest BCUT2D eigenvalue weighted by atomic mass is 9.88. The fraction of sp³-hybridized carbons (Fsp3) is 0.320. The van der Waals surface area contributed by atoms with Crippen LogP contribution >= 0.6 is 11.3 Å². The third-order valence-electron chi connectivity index (χ3n) is 5.91. The third-order valence-corrected chi connectivity index (χ3v) is 6.63. The molecule has 0 radical (unpaired) electrons. The van der Waals surface area contributed by atoms with Gasteiger partial charge in [-0.05, 0) is 24.0 Å². The highest BCUT2D eigenvalue weighted by atomic mass is 32.1. The van der Waals surface area contributed by atoms with Gasteiger partial charge in [0, 0.05) is 37.2 Å². The Kier molecular flexibility index (Phi) is 7.17. The van der Waals surface area contributed by atoms with Crippen LogP contribution in [0.1, 0.15) is 42.0 Å². The van der Waals surface area contributed by atoms with E-state index < -0.39 is 6.04 Å². The van der Waals surface area contributed by atoms with Crippen LogP contribution in [0.4, 0.5) is 5.13 Å². The molecule has 7 heteroatoms. The number of nitrogen functional groups attached to an aromatic ring is 1. The second-order valence-electron chi connectivity index (χ2n) is 8.04. The Hall–Kier alpha value is -3.19. The van der Waals surface area contributed by atoms with Gasteiger partial charge in [0.05, 0.1) is 5.69 Å². The molecule has 4 rings (SSSR count). The van der Waals surface area contributed by atoms with Crippen molar-refractivity contribution in [3.63, 3.8) is 0 Å². The highest BCUT2D eigenvalue weighted by Gasteiger charge is 2.35. The van der Waals surface area contributed by atoms with Crippen LogP contribution in [0.5, 0.6) is 0 Å². The number of nitrogens with one attached hydrogen (secondary N) is 1. The number of thiazole rings is 1. The van der Waals surface area contributed by atoms with Crippen LogP contribution in [0.15, 0.2) is 66.0 Å². The Labute approximate surface area is 192 Å². The molecule has 1 aliphatic heterocycles. The first-order valence-corrected chi connectivity index (χ1v) is 11.9. The predicted molar refractivity (Wildman–Crippen MR) is 127 cm³/mol. The van der Waals surface area contributed by atoms with Crippen LogP contribution in [0, 0.1) is 0 Å². The van der Waals surface area contributed by atoms with Crippen LogP contribution in [-0.4, -0.2) is 40.8 Å². The summed E-state index contributed by atoms with van der Waals surface area (Å²) < 4.78 is 0. The van der Waals surface area contributed by atoms with Gasteiger partial charge < -0.3 is 16.0 Å². The molecule has 1 fully saturated rings. The number of nitrogens with two attached hydrogens (primary N) is 1. The van der Waals surface area contributed by atoms with E-state index >= 15 is 0 Å². The van der Waals surface area contributed by atoms with Crippen LogP contribution in [0.2, 0.25) is 0 Å². The summed E-state index contributed by atoms with van der Waals surface area (Å²) in [5, 5.41) is 5.41. The first kappa shape index (κ1) is 22.0. The van der Waals surface area contributed by atoms with Gasteiger partial charge in [-0.15, -0.1) is 11.3 Å². The fourth-order valence-electron chi connectivity index (χ4n) is 4.30. The molecular formula is C25H28N4O2S. The van der Waals surface area contributed by atoms with Gasteiger partial charge >= 0.3 is 0 Å². The molecule has 3 N–H and O–H groups in total. The largest absolute Gasteiger partial charge is 0.375 e. The van der Waals surface area contributed by atoms with E-state index in [0.29, 0.717) is 37.5 Å². The standard InChI is InChI=1S/C25H28N4O2S/c26-25-28-20(17-32-25)13-14-27-24(31)22-12-7-15-29(22)23(30)16-21(18-8-3-1-4-9-18)19-10-5-2-6-11-19/h1-6,8-11,17,21-22H,7,12-16H2,(H2,26,28)(H,27,31)/t22-/m0/s1. The van der Waals surface area contributed by atoms with Crippen LogP contribution < -0.4 is 11.1 Å². The molecule has 2 heterocycles. The number of carbonyl (C=O) groups is 2. The lowest BCUT2D eigenvalue weighted by Crippen LogP contribution is -2.46. The highest BCUT2D eigenvalue weighted by molar-refractivity contribution is 7.13. The molecule has 1 atom stereocenters. The third kappa shape index (κ3) is 5.34. The Morgan fingerprint density at radius 2 is 1.75 bits per heavy atom. The van der Waals surface area contributed by atoms with Gasteiger partial charge in [0.25, 0.3) is 0 Å². The summed E-state index contributed by atoms with van der Waals surface area (Å²) in [5.74, 6) is -0.105. The van der Waals surface area contributed by atoms with Crippen LogP contribution in [-0.2, 0) is 16.0 Å². The lowest BCUT2D eigenvalue weighted by molar-refractivity contribution is -0.138. The van der Waals surface area contributed by atoms with E-state index in [1.54, 1.807) is 4.90 Å². The minimum atomic E-state index is -0.407. The van der Waals surface area contributed by atoms with E-state index in [9.17, 15) is 9.59 Å². The maximum Gasteiger partial charge on any atom is 0.242 e. The number of hydrogen-bond acceptors (Lipinski definition) is 5. The van der Waals surface area contributed by atoms with Gasteiger partial charge in [0.15, 0.2) is 5.13 Å². The number of anilines is 1. The number of rotatable bonds is 8. The molecule has 0 bridgehead atoms. The summed E-state index contributed by atoms with van der Waals surface area (Å²) in [6, 6.07) is 19.8. The van der Waals surface area contributed by atoms with Crippen molar-refractivity contribution in [2.75, 3.05) is 18.8 Å². The zero-order valence-corrected chi connectivity index (χ0v) is 18.8. The zero-order valence-electron chi connectivity index (χ0n) is 17.9. The van der Waals surface area contributed by atoms with Crippen molar-refractivity contribution in [2.24, 2.45) is 0 Å². The summed E-state index contributed by atoms with van der Waals surface area (Å²) >= 11 is 1.40. The maximum absolute atomic E-state index is 13.3. The van der Waals surface area contributed by atoms with Crippen LogP contribution in [0.3, 0.4) is 0 Å². The SMILES string of the molecule is Nc1nc(CCNC(=O)[C@@H]2CCCN2C(=O)CC(c2ccccc2)c2ccccc2)cs1. The summed E-state index contributed by atoms with van der Waals surface area (Å²) in [4.78, 5) is 32.2. The first-order chi connectivity index (χ1) is 15.6. The van der Waals surface area contributed by atoms with Crippen molar-refractivity contribution in [3.05, 3.63) is 82.9 Å². The zero-order chi connectivity index (χ0) is 22.3. The molecule has 1 saturated heterocycles. The monoisotopic (exact) mass is 448 g/mol. The fourth-order valence-corrected chi connectivity index (χ4v) is 4.89. The quantitative estimate of drug-likeness (QED) is 0.551. The van der Waals surface area contributed by atoms with Gasteiger partial charge in [-0.1, -0.05) is 60.7 Å². The number of hydrogen-bond donors (Lipinski definition) is 2. The van der Waals surface area contributed by atoms with Crippen molar-refractivity contribution in [1.82, 2.24) is 15.2 Å². The molecule has 32 heavy (non-hydrogen) atoms. The minimum absolute atomic E-state index is 0.0210. The highest BCUT2D eigenvalue weighted by Crippen LogP contribution is 2.30. The first-order valence-electron chi connectivity index (χ1n) is 11.0. The van der Waals surface area contributed by atoms with Gasteiger partial charge in [-0.3, -0.25) is 9.59 Å². The average Bonchev–Trinajstić information content (AvgIpc) is 3.48. The molecule has 1 aromatic heterocycles. The molecule has 0 saturated carbocycles. The molecule has 2 amide bonds. The number of nitrogens with zero attached hydrogens (tertiary/aromatic N) is 2. The molecule has 166 valence electrons. The summed E-state index contributed by atoms with van der Waals surface area (Å²) in [7, 11) is 0. The number of aromatic nitrogens is 1. The molecule has 1 aliphatic rings. The van der Waals surface area contributed by atoms with Crippen molar-refractivity contribution in [3.8, 4) is 0 Å². The van der Waals surface area contributed by atoms with E-state index in [1.165, 1.54) is 11.3 Å². The minimum Gasteiger partial charge on any atom is -0.375 e. The molecule has 0 aliphatic carbocycles. The number of likely N-dealkylation sites (tertiary alicyclic amines) is 1. The summed E-state index contributed by atoms with van der Waals surface area (Å²) in [6.07, 6.45) is 2.51. The Morgan fingerprint density at radius 1 is 1.09 bits per heavy atom. The Morgan fingerprint density at radius 3 is 2.34 bits per heavy atom. The summed E-state index contributed by atoms with van der Waals surface area (Å²) in [6.45, 7) is 1.10. The van der Waals surface area contributed by atoms with E-state index in [1.807, 2.05) is 41.8 Å². The second-order valence-corrected chi connectivity index (χ2v) is 8.93. The number of carbonyl (C=O) groups excluding carboxylic acids is 2. The summed E-state index contributed by atoms with van der Waals surface area (Å²) in [5.41, 5.74) is 8.75. The molecule has 6 nitrogen and oxygen atoms in total. The molecule has 0 unspecified atom stereocenters. The van der Waals surface area contributed by atoms with Gasteiger partial charge in [0.1, 0.15) is 6.04 Å². The smallest absolute Gasteiger partial charge is 0.242 e. The van der Waals surface area contributed by atoms with Gasteiger partial charge in [0.2, 0.25) is 11.8 Å². The van der Waals surface area contributed by atoms with Crippen molar-refractivity contribution >= 4 is 28.3 Å².